The molecule has 2 unspecified atom stereocenters. The van der Waals surface area contributed by atoms with Gasteiger partial charge in [-0.2, -0.15) is 0 Å². The first-order chi connectivity index (χ1) is 13.8. The number of esters is 1. The first-order valence-electron chi connectivity index (χ1n) is 9.28. The van der Waals surface area contributed by atoms with Crippen LogP contribution in [0, 0.1) is 0 Å². The monoisotopic (exact) mass is 437 g/mol. The van der Waals surface area contributed by atoms with Crippen LogP contribution < -0.4 is 15.2 Å². The highest BCUT2D eigenvalue weighted by Gasteiger charge is 2.36. The molecule has 1 aliphatic rings. The fourth-order valence-electron chi connectivity index (χ4n) is 3.20. The number of carbonyl (C=O) groups is 2. The molecule has 0 saturated carbocycles. The van der Waals surface area contributed by atoms with Gasteiger partial charge in [-0.05, 0) is 43.7 Å². The Balaban J connectivity index is 1.99. The zero-order valence-corrected chi connectivity index (χ0v) is 17.5. The molecule has 0 fully saturated rings. The van der Waals surface area contributed by atoms with E-state index in [0.717, 1.165) is 0 Å². The van der Waals surface area contributed by atoms with E-state index in [9.17, 15) is 9.59 Å². The molecule has 2 atom stereocenters. The van der Waals surface area contributed by atoms with Gasteiger partial charge in [-0.25, -0.2) is 0 Å². The lowest BCUT2D eigenvalue weighted by Crippen LogP contribution is -2.30. The maximum Gasteiger partial charge on any atom is 0.313 e. The third-order valence-corrected chi connectivity index (χ3v) is 5.33. The van der Waals surface area contributed by atoms with Crippen molar-refractivity contribution in [1.29, 1.82) is 0 Å². The minimum absolute atomic E-state index is 0.180. The molecule has 0 spiro atoms. The Hall–Kier alpha value is -2.44. The Morgan fingerprint density at radius 1 is 1.21 bits per heavy atom. The van der Waals surface area contributed by atoms with Gasteiger partial charge in [0, 0.05) is 17.5 Å². The summed E-state index contributed by atoms with van der Waals surface area (Å²) in [7, 11) is 0. The van der Waals surface area contributed by atoms with Gasteiger partial charge >= 0.3 is 5.97 Å². The summed E-state index contributed by atoms with van der Waals surface area (Å²) in [6.45, 7) is 4.02. The third-order valence-electron chi connectivity index (χ3n) is 4.70. The molecule has 0 aromatic heterocycles. The standard InChI is InChI=1S/C21H21Cl2NO5/c1-3-12-9-15(21(26)27-4-2)14-10-16(22)19(17(23)18(14)28-12)29-13-7-5-11(6-8-13)20(24)25/h5-8,10,12,15H,3-4,9H2,1-2H3,(H2,24,25). The second-order valence-corrected chi connectivity index (χ2v) is 7.38. The Labute approximate surface area is 178 Å². The molecule has 2 aromatic rings. The summed E-state index contributed by atoms with van der Waals surface area (Å²) in [5.41, 5.74) is 6.19. The predicted molar refractivity (Wildman–Crippen MR) is 110 cm³/mol. The van der Waals surface area contributed by atoms with Gasteiger partial charge in [0.15, 0.2) is 5.75 Å². The molecular weight excluding hydrogens is 417 g/mol. The molecule has 154 valence electrons. The number of primary amides is 1. The van der Waals surface area contributed by atoms with Crippen molar-refractivity contribution in [1.82, 2.24) is 0 Å². The SMILES string of the molecule is CCOC(=O)C1CC(CC)Oc2c1cc(Cl)c(Oc1ccc(C(N)=O)cc1)c2Cl. The largest absolute Gasteiger partial charge is 0.488 e. The van der Waals surface area contributed by atoms with Crippen LogP contribution in [-0.4, -0.2) is 24.6 Å². The quantitative estimate of drug-likeness (QED) is 0.635. The van der Waals surface area contributed by atoms with Gasteiger partial charge in [0.05, 0.1) is 23.7 Å². The highest BCUT2D eigenvalue weighted by Crippen LogP contribution is 2.50. The molecule has 29 heavy (non-hydrogen) atoms. The normalized spacial score (nSPS) is 17.8. The van der Waals surface area contributed by atoms with Gasteiger partial charge in [0.2, 0.25) is 5.91 Å². The highest BCUT2D eigenvalue weighted by molar-refractivity contribution is 6.38. The number of fused-ring (bicyclic) bond motifs is 1. The van der Waals surface area contributed by atoms with Crippen molar-refractivity contribution in [3.05, 3.63) is 51.5 Å². The minimum Gasteiger partial charge on any atom is -0.488 e. The number of halogens is 2. The van der Waals surface area contributed by atoms with Crippen LogP contribution in [0.1, 0.15) is 48.5 Å². The molecule has 1 amide bonds. The Morgan fingerprint density at radius 2 is 1.90 bits per heavy atom. The van der Waals surface area contributed by atoms with Crippen molar-refractivity contribution in [2.45, 2.75) is 38.7 Å². The van der Waals surface area contributed by atoms with E-state index in [1.807, 2.05) is 6.92 Å². The number of hydrogen-bond donors (Lipinski definition) is 1. The fraction of sp³-hybridized carbons (Fsp3) is 0.333. The summed E-state index contributed by atoms with van der Waals surface area (Å²) in [5.74, 6) is -0.385. The zero-order valence-electron chi connectivity index (χ0n) is 16.0. The number of amides is 1. The zero-order chi connectivity index (χ0) is 21.1. The minimum atomic E-state index is -0.537. The summed E-state index contributed by atoms with van der Waals surface area (Å²) in [5, 5.41) is 0.416. The van der Waals surface area contributed by atoms with Crippen molar-refractivity contribution < 1.29 is 23.8 Å². The van der Waals surface area contributed by atoms with E-state index in [0.29, 0.717) is 35.5 Å². The molecule has 2 aromatic carbocycles. The van der Waals surface area contributed by atoms with Gasteiger partial charge in [0.25, 0.3) is 0 Å². The van der Waals surface area contributed by atoms with Gasteiger partial charge in [-0.15, -0.1) is 0 Å². The molecule has 1 aliphatic heterocycles. The lowest BCUT2D eigenvalue weighted by atomic mass is 9.89. The van der Waals surface area contributed by atoms with Crippen LogP contribution in [0.3, 0.4) is 0 Å². The maximum atomic E-state index is 12.5. The molecule has 0 saturated heterocycles. The number of hydrogen-bond acceptors (Lipinski definition) is 5. The first-order valence-corrected chi connectivity index (χ1v) is 10.0. The Kier molecular flexibility index (Phi) is 6.55. The van der Waals surface area contributed by atoms with Crippen LogP contribution in [0.2, 0.25) is 10.0 Å². The highest BCUT2D eigenvalue weighted by atomic mass is 35.5. The molecule has 2 N–H and O–H groups in total. The van der Waals surface area contributed by atoms with Gasteiger partial charge in [-0.3, -0.25) is 9.59 Å². The fourth-order valence-corrected chi connectivity index (χ4v) is 3.79. The Bertz CT molecular complexity index is 930. The molecule has 3 rings (SSSR count). The average Bonchev–Trinajstić information content (AvgIpc) is 2.71. The predicted octanol–water partition coefficient (Wildman–Crippen LogP) is 5.09. The molecule has 0 radical (unpaired) electrons. The summed E-state index contributed by atoms with van der Waals surface area (Å²) < 4.78 is 17.1. The van der Waals surface area contributed by atoms with Crippen LogP contribution in [-0.2, 0) is 9.53 Å². The second-order valence-electron chi connectivity index (χ2n) is 6.60. The Morgan fingerprint density at radius 3 is 2.48 bits per heavy atom. The van der Waals surface area contributed by atoms with Crippen LogP contribution in [0.25, 0.3) is 0 Å². The van der Waals surface area contributed by atoms with Crippen molar-refractivity contribution in [2.24, 2.45) is 5.73 Å². The average molecular weight is 438 g/mol. The van der Waals surface area contributed by atoms with Crippen LogP contribution in [0.4, 0.5) is 0 Å². The van der Waals surface area contributed by atoms with E-state index >= 15 is 0 Å². The number of ether oxygens (including phenoxy) is 3. The molecular formula is C21H21Cl2NO5. The lowest BCUT2D eigenvalue weighted by Gasteiger charge is -2.32. The molecule has 1 heterocycles. The topological polar surface area (TPSA) is 87.8 Å². The van der Waals surface area contributed by atoms with Crippen molar-refractivity contribution in [2.75, 3.05) is 6.61 Å². The van der Waals surface area contributed by atoms with Crippen molar-refractivity contribution in [3.63, 3.8) is 0 Å². The third kappa shape index (κ3) is 4.43. The summed E-state index contributed by atoms with van der Waals surface area (Å²) in [6, 6.07) is 7.88. The molecule has 8 heteroatoms. The summed E-state index contributed by atoms with van der Waals surface area (Å²) in [4.78, 5) is 23.7. The van der Waals surface area contributed by atoms with E-state index in [2.05, 4.69) is 0 Å². The van der Waals surface area contributed by atoms with Crippen LogP contribution in [0.15, 0.2) is 30.3 Å². The smallest absolute Gasteiger partial charge is 0.313 e. The van der Waals surface area contributed by atoms with E-state index in [1.165, 1.54) is 12.1 Å². The van der Waals surface area contributed by atoms with Crippen LogP contribution in [0.5, 0.6) is 17.2 Å². The number of carbonyl (C=O) groups excluding carboxylic acids is 2. The van der Waals surface area contributed by atoms with E-state index < -0.39 is 11.8 Å². The van der Waals surface area contributed by atoms with Gasteiger partial charge in [-0.1, -0.05) is 30.1 Å². The van der Waals surface area contributed by atoms with Gasteiger partial charge < -0.3 is 19.9 Å². The second kappa shape index (κ2) is 8.93. The first kappa shape index (κ1) is 21.3. The molecule has 0 aliphatic carbocycles. The summed E-state index contributed by atoms with van der Waals surface area (Å²) >= 11 is 13.0. The number of benzene rings is 2. The number of nitrogens with two attached hydrogens (primary N) is 1. The maximum absolute atomic E-state index is 12.5. The number of rotatable bonds is 6. The van der Waals surface area contributed by atoms with Gasteiger partial charge in [0.1, 0.15) is 16.5 Å². The van der Waals surface area contributed by atoms with E-state index in [4.69, 9.17) is 43.1 Å². The molecule has 6 nitrogen and oxygen atoms in total. The van der Waals surface area contributed by atoms with Crippen LogP contribution >= 0.6 is 23.2 Å². The van der Waals surface area contributed by atoms with Crippen molar-refractivity contribution in [3.8, 4) is 17.2 Å². The molecule has 0 bridgehead atoms. The van der Waals surface area contributed by atoms with Crippen molar-refractivity contribution >= 4 is 35.1 Å². The summed E-state index contributed by atoms with van der Waals surface area (Å²) in [6.07, 6.45) is 1.02. The van der Waals surface area contributed by atoms with E-state index in [1.54, 1.807) is 25.1 Å². The lowest BCUT2D eigenvalue weighted by molar-refractivity contribution is -0.146. The van der Waals surface area contributed by atoms with E-state index in [-0.39, 0.29) is 34.5 Å².